The van der Waals surface area contributed by atoms with E-state index in [9.17, 15) is 4.79 Å². The third kappa shape index (κ3) is 2.16. The van der Waals surface area contributed by atoms with Gasteiger partial charge in [0.05, 0.1) is 12.2 Å². The summed E-state index contributed by atoms with van der Waals surface area (Å²) in [7, 11) is 0. The van der Waals surface area contributed by atoms with E-state index in [-0.39, 0.29) is 5.91 Å². The second-order valence-corrected chi connectivity index (χ2v) is 3.79. The molecule has 6 heteroatoms. The van der Waals surface area contributed by atoms with Crippen molar-refractivity contribution in [3.63, 3.8) is 0 Å². The van der Waals surface area contributed by atoms with Crippen LogP contribution in [-0.4, -0.2) is 11.1 Å². The molecule has 1 amide bonds. The molecular weight excluding hydrogens is 214 g/mol. The van der Waals surface area contributed by atoms with Crippen molar-refractivity contribution in [1.29, 1.82) is 0 Å². The third-order valence-corrected chi connectivity index (χ3v) is 2.75. The summed E-state index contributed by atoms with van der Waals surface area (Å²) in [6.45, 7) is 0.340. The maximum atomic E-state index is 11.6. The fraction of sp³-hybridized carbons (Fsp3) is 0.111. The highest BCUT2D eigenvalue weighted by molar-refractivity contribution is 7.12. The van der Waals surface area contributed by atoms with E-state index in [1.54, 1.807) is 17.5 Å². The van der Waals surface area contributed by atoms with Crippen LogP contribution in [0.2, 0.25) is 0 Å². The molecule has 2 aromatic heterocycles. The number of aromatic nitrogens is 1. The molecule has 3 N–H and O–H groups in total. The average molecular weight is 223 g/mol. The Morgan fingerprint density at radius 3 is 3.07 bits per heavy atom. The number of hydrogen-bond donors (Lipinski definition) is 2. The Labute approximate surface area is 89.9 Å². The average Bonchev–Trinajstić information content (AvgIpc) is 2.84. The number of nitrogen functional groups attached to an aromatic ring is 1. The Balaban J connectivity index is 1.96. The minimum Gasteiger partial charge on any atom is -0.397 e. The largest absolute Gasteiger partial charge is 0.397 e. The lowest BCUT2D eigenvalue weighted by molar-refractivity contribution is 0.0955. The molecule has 0 radical (unpaired) electrons. The van der Waals surface area contributed by atoms with Gasteiger partial charge in [0, 0.05) is 6.07 Å². The van der Waals surface area contributed by atoms with Crippen molar-refractivity contribution in [1.82, 2.24) is 10.5 Å². The van der Waals surface area contributed by atoms with Gasteiger partial charge in [-0.2, -0.15) is 0 Å². The normalized spacial score (nSPS) is 10.1. The molecule has 0 aliphatic rings. The van der Waals surface area contributed by atoms with Crippen molar-refractivity contribution in [3.8, 4) is 0 Å². The zero-order valence-corrected chi connectivity index (χ0v) is 8.58. The van der Waals surface area contributed by atoms with Crippen LogP contribution in [0.5, 0.6) is 0 Å². The number of rotatable bonds is 3. The molecule has 2 rings (SSSR count). The number of thiophene rings is 1. The van der Waals surface area contributed by atoms with Gasteiger partial charge in [-0.3, -0.25) is 4.79 Å². The first-order valence-corrected chi connectivity index (χ1v) is 5.16. The van der Waals surface area contributed by atoms with Crippen LogP contribution in [-0.2, 0) is 6.54 Å². The topological polar surface area (TPSA) is 81.2 Å². The van der Waals surface area contributed by atoms with Gasteiger partial charge >= 0.3 is 0 Å². The number of hydrogen-bond acceptors (Lipinski definition) is 5. The van der Waals surface area contributed by atoms with Crippen LogP contribution >= 0.6 is 11.3 Å². The number of nitrogens with two attached hydrogens (primary N) is 1. The zero-order valence-electron chi connectivity index (χ0n) is 7.77. The molecule has 0 aliphatic carbocycles. The highest BCUT2D eigenvalue weighted by atomic mass is 32.1. The van der Waals surface area contributed by atoms with Gasteiger partial charge in [-0.25, -0.2) is 0 Å². The van der Waals surface area contributed by atoms with Crippen molar-refractivity contribution in [3.05, 3.63) is 34.3 Å². The fourth-order valence-electron chi connectivity index (χ4n) is 1.08. The summed E-state index contributed by atoms with van der Waals surface area (Å²) in [5.74, 6) is -0.189. The van der Waals surface area contributed by atoms with Gasteiger partial charge in [0.2, 0.25) is 0 Å². The van der Waals surface area contributed by atoms with Gasteiger partial charge in [-0.05, 0) is 11.4 Å². The van der Waals surface area contributed by atoms with E-state index in [1.807, 2.05) is 0 Å². The molecule has 78 valence electrons. The Bertz CT molecular complexity index is 450. The molecule has 5 nitrogen and oxygen atoms in total. The van der Waals surface area contributed by atoms with Gasteiger partial charge in [0.25, 0.3) is 5.91 Å². The lowest BCUT2D eigenvalue weighted by Crippen LogP contribution is -2.22. The SMILES string of the molecule is Nc1ccsc1C(=O)NCc1ccon1. The fourth-order valence-corrected chi connectivity index (χ4v) is 1.82. The molecule has 0 aliphatic heterocycles. The van der Waals surface area contributed by atoms with Crippen LogP contribution in [0.1, 0.15) is 15.4 Å². The lowest BCUT2D eigenvalue weighted by atomic mass is 10.3. The van der Waals surface area contributed by atoms with Crippen LogP contribution < -0.4 is 11.1 Å². The van der Waals surface area contributed by atoms with Crippen molar-refractivity contribution in [2.45, 2.75) is 6.54 Å². The van der Waals surface area contributed by atoms with E-state index >= 15 is 0 Å². The van der Waals surface area contributed by atoms with Crippen molar-refractivity contribution in [2.24, 2.45) is 0 Å². The summed E-state index contributed by atoms with van der Waals surface area (Å²) in [5.41, 5.74) is 6.78. The first-order valence-electron chi connectivity index (χ1n) is 4.28. The molecule has 0 spiro atoms. The highest BCUT2D eigenvalue weighted by Gasteiger charge is 2.10. The van der Waals surface area contributed by atoms with E-state index < -0.39 is 0 Å². The molecule has 0 fully saturated rings. The molecule has 0 aromatic carbocycles. The maximum absolute atomic E-state index is 11.6. The van der Waals surface area contributed by atoms with E-state index in [2.05, 4.69) is 15.0 Å². The Morgan fingerprint density at radius 2 is 2.47 bits per heavy atom. The summed E-state index contributed by atoms with van der Waals surface area (Å²) < 4.78 is 4.64. The Morgan fingerprint density at radius 1 is 1.60 bits per heavy atom. The number of nitrogens with zero attached hydrogens (tertiary/aromatic N) is 1. The molecule has 0 saturated heterocycles. The molecule has 15 heavy (non-hydrogen) atoms. The van der Waals surface area contributed by atoms with Crippen LogP contribution in [0.3, 0.4) is 0 Å². The summed E-state index contributed by atoms with van der Waals surface area (Å²) in [5, 5.41) is 8.15. The van der Waals surface area contributed by atoms with Crippen LogP contribution in [0, 0.1) is 0 Å². The first-order chi connectivity index (χ1) is 7.27. The molecule has 2 aromatic rings. The van der Waals surface area contributed by atoms with Crippen LogP contribution in [0.25, 0.3) is 0 Å². The molecular formula is C9H9N3O2S. The van der Waals surface area contributed by atoms with E-state index in [0.717, 1.165) is 0 Å². The predicted molar refractivity (Wildman–Crippen MR) is 56.4 cm³/mol. The highest BCUT2D eigenvalue weighted by Crippen LogP contribution is 2.18. The Kier molecular flexibility index (Phi) is 2.68. The number of carbonyl (C=O) groups is 1. The van der Waals surface area contributed by atoms with Gasteiger partial charge in [0.15, 0.2) is 0 Å². The van der Waals surface area contributed by atoms with Gasteiger partial charge in [-0.15, -0.1) is 11.3 Å². The minimum absolute atomic E-state index is 0.189. The quantitative estimate of drug-likeness (QED) is 0.820. The molecule has 0 bridgehead atoms. The minimum atomic E-state index is -0.189. The number of anilines is 1. The molecule has 0 atom stereocenters. The number of nitrogens with one attached hydrogen (secondary N) is 1. The van der Waals surface area contributed by atoms with Crippen LogP contribution in [0.4, 0.5) is 5.69 Å². The molecule has 0 saturated carbocycles. The van der Waals surface area contributed by atoms with Crippen molar-refractivity contribution >= 4 is 22.9 Å². The van der Waals surface area contributed by atoms with E-state index in [4.69, 9.17) is 5.73 Å². The van der Waals surface area contributed by atoms with Gasteiger partial charge in [-0.1, -0.05) is 5.16 Å². The van der Waals surface area contributed by atoms with Gasteiger partial charge < -0.3 is 15.6 Å². The lowest BCUT2D eigenvalue weighted by Gasteiger charge is -2.00. The zero-order chi connectivity index (χ0) is 10.7. The Hall–Kier alpha value is -1.82. The summed E-state index contributed by atoms with van der Waals surface area (Å²) in [6, 6.07) is 3.40. The van der Waals surface area contributed by atoms with Crippen molar-refractivity contribution in [2.75, 3.05) is 5.73 Å². The molecule has 0 unspecified atom stereocenters. The second kappa shape index (κ2) is 4.14. The summed E-state index contributed by atoms with van der Waals surface area (Å²) >= 11 is 1.31. The second-order valence-electron chi connectivity index (χ2n) is 2.88. The van der Waals surface area contributed by atoms with E-state index in [1.165, 1.54) is 17.6 Å². The smallest absolute Gasteiger partial charge is 0.263 e. The van der Waals surface area contributed by atoms with Crippen molar-refractivity contribution < 1.29 is 9.32 Å². The monoisotopic (exact) mass is 223 g/mol. The number of carbonyl (C=O) groups excluding carboxylic acids is 1. The van der Waals surface area contributed by atoms with Gasteiger partial charge in [0.1, 0.15) is 16.8 Å². The standard InChI is InChI=1S/C9H9N3O2S/c10-7-2-4-15-8(7)9(13)11-5-6-1-3-14-12-6/h1-4H,5,10H2,(H,11,13). The first kappa shape index (κ1) is 9.72. The summed E-state index contributed by atoms with van der Waals surface area (Å²) in [6.07, 6.45) is 1.46. The number of amides is 1. The third-order valence-electron chi connectivity index (χ3n) is 1.82. The maximum Gasteiger partial charge on any atom is 0.263 e. The van der Waals surface area contributed by atoms with Crippen LogP contribution in [0.15, 0.2) is 28.3 Å². The van der Waals surface area contributed by atoms with E-state index in [0.29, 0.717) is 22.8 Å². The predicted octanol–water partition coefficient (Wildman–Crippen LogP) is 1.25. The molecule has 2 heterocycles. The summed E-state index contributed by atoms with van der Waals surface area (Å²) in [4.78, 5) is 12.1.